The average Bonchev–Trinajstić information content (AvgIpc) is 3.13. The van der Waals surface area contributed by atoms with Crippen LogP contribution in [0.15, 0.2) is 48.5 Å². The Labute approximate surface area is 156 Å². The topological polar surface area (TPSA) is 64.0 Å². The van der Waals surface area contributed by atoms with E-state index < -0.39 is 10.8 Å². The monoisotopic (exact) mass is 389 g/mol. The van der Waals surface area contributed by atoms with E-state index in [9.17, 15) is 13.4 Å². The van der Waals surface area contributed by atoms with Crippen LogP contribution >= 0.6 is 11.6 Å². The summed E-state index contributed by atoms with van der Waals surface area (Å²) in [5, 5.41) is 7.76. The number of aromatic nitrogens is 2. The molecule has 0 aliphatic carbocycles. The van der Waals surface area contributed by atoms with E-state index in [-0.39, 0.29) is 11.7 Å². The normalized spacial score (nSPS) is 15.7. The van der Waals surface area contributed by atoms with Gasteiger partial charge in [0.1, 0.15) is 11.6 Å². The number of nitrogens with zero attached hydrogens (tertiary/aromatic N) is 2. The fourth-order valence-electron chi connectivity index (χ4n) is 2.83. The number of amides is 1. The lowest BCUT2D eigenvalue weighted by Crippen LogP contribution is -2.16. The van der Waals surface area contributed by atoms with E-state index in [0.717, 1.165) is 5.56 Å². The first kappa shape index (κ1) is 16.9. The van der Waals surface area contributed by atoms with E-state index in [0.29, 0.717) is 39.3 Å². The molecule has 2 aromatic carbocycles. The van der Waals surface area contributed by atoms with Crippen LogP contribution in [0.5, 0.6) is 0 Å². The molecule has 0 saturated heterocycles. The molecule has 0 radical (unpaired) electrons. The molecule has 26 heavy (non-hydrogen) atoms. The molecule has 1 aliphatic heterocycles. The molecule has 0 spiro atoms. The Balaban J connectivity index is 1.75. The predicted molar refractivity (Wildman–Crippen MR) is 98.5 cm³/mol. The molecule has 1 atom stereocenters. The number of carbonyl (C=O) groups is 1. The van der Waals surface area contributed by atoms with E-state index in [2.05, 4.69) is 10.4 Å². The molecule has 3 aromatic rings. The number of rotatable bonds is 3. The maximum Gasteiger partial charge on any atom is 0.256 e. The molecule has 0 bridgehead atoms. The van der Waals surface area contributed by atoms with Crippen LogP contribution < -0.4 is 5.32 Å². The van der Waals surface area contributed by atoms with E-state index in [1.165, 1.54) is 12.1 Å². The van der Waals surface area contributed by atoms with Crippen molar-refractivity contribution in [2.75, 3.05) is 5.32 Å². The summed E-state index contributed by atoms with van der Waals surface area (Å²) in [6, 6.07) is 12.4. The van der Waals surface area contributed by atoms with Gasteiger partial charge in [-0.15, -0.1) is 0 Å². The molecule has 2 heterocycles. The molecule has 1 aliphatic rings. The third-order valence-corrected chi connectivity index (χ3v) is 5.50. The Morgan fingerprint density at radius 3 is 2.69 bits per heavy atom. The van der Waals surface area contributed by atoms with E-state index in [4.69, 9.17) is 11.6 Å². The van der Waals surface area contributed by atoms with Crippen LogP contribution in [0.25, 0.3) is 5.69 Å². The second-order valence-electron chi connectivity index (χ2n) is 5.86. The van der Waals surface area contributed by atoms with Crippen LogP contribution in [-0.2, 0) is 22.3 Å². The van der Waals surface area contributed by atoms with E-state index in [1.807, 2.05) is 0 Å². The van der Waals surface area contributed by atoms with Gasteiger partial charge in [-0.1, -0.05) is 17.7 Å². The first-order valence-corrected chi connectivity index (χ1v) is 9.66. The molecule has 1 amide bonds. The highest BCUT2D eigenvalue weighted by atomic mass is 35.5. The Kier molecular flexibility index (Phi) is 4.34. The molecule has 1 aromatic heterocycles. The van der Waals surface area contributed by atoms with Gasteiger partial charge in [-0.3, -0.25) is 9.00 Å². The summed E-state index contributed by atoms with van der Waals surface area (Å²) < 4.78 is 26.7. The third-order valence-electron chi connectivity index (χ3n) is 4.06. The highest BCUT2D eigenvalue weighted by molar-refractivity contribution is 7.83. The van der Waals surface area contributed by atoms with Crippen LogP contribution in [-0.4, -0.2) is 19.9 Å². The zero-order valence-corrected chi connectivity index (χ0v) is 15.0. The number of hydrogen-bond donors (Lipinski definition) is 1. The number of fused-ring (bicyclic) bond motifs is 1. The van der Waals surface area contributed by atoms with E-state index in [1.54, 1.807) is 41.1 Å². The molecule has 4 rings (SSSR count). The average molecular weight is 390 g/mol. The molecule has 0 fully saturated rings. The number of hydrogen-bond acceptors (Lipinski definition) is 3. The summed E-state index contributed by atoms with van der Waals surface area (Å²) in [5.41, 5.74) is 2.42. The predicted octanol–water partition coefficient (Wildman–Crippen LogP) is 3.68. The Bertz CT molecular complexity index is 1030. The maximum absolute atomic E-state index is 13.2. The molecule has 132 valence electrons. The van der Waals surface area contributed by atoms with Crippen LogP contribution in [0, 0.1) is 5.82 Å². The summed E-state index contributed by atoms with van der Waals surface area (Å²) in [4.78, 5) is 12.6. The maximum atomic E-state index is 13.2. The molecule has 5 nitrogen and oxygen atoms in total. The minimum Gasteiger partial charge on any atom is -0.306 e. The van der Waals surface area contributed by atoms with Crippen LogP contribution in [0.2, 0.25) is 5.02 Å². The number of halogens is 2. The SMILES string of the molecule is O=C(Nc1c2c(nn1-c1ccc(F)cc1)C[S@@](=O)C2)c1cccc(Cl)c1. The molecule has 1 N–H and O–H groups in total. The standard InChI is InChI=1S/C18H13ClFN3O2S/c19-12-3-1-2-11(8-12)18(24)21-17-15-9-26(25)10-16(15)22-23(17)14-6-4-13(20)5-7-14/h1-8H,9-10H2,(H,21,24)/t26-/m0/s1. The van der Waals surface area contributed by atoms with Gasteiger partial charge in [-0.2, -0.15) is 5.10 Å². The number of carbonyl (C=O) groups excluding carboxylic acids is 1. The number of benzene rings is 2. The van der Waals surface area contributed by atoms with Crippen molar-refractivity contribution in [3.63, 3.8) is 0 Å². The first-order chi connectivity index (χ1) is 12.5. The highest BCUT2D eigenvalue weighted by Gasteiger charge is 2.28. The summed E-state index contributed by atoms with van der Waals surface area (Å²) in [6.07, 6.45) is 0. The van der Waals surface area contributed by atoms with Crippen molar-refractivity contribution in [1.29, 1.82) is 0 Å². The summed E-state index contributed by atoms with van der Waals surface area (Å²) in [7, 11) is -1.04. The lowest BCUT2D eigenvalue weighted by molar-refractivity contribution is 0.102. The van der Waals surface area contributed by atoms with Crippen molar-refractivity contribution in [1.82, 2.24) is 9.78 Å². The summed E-state index contributed by atoms with van der Waals surface area (Å²) in [6.45, 7) is 0. The smallest absolute Gasteiger partial charge is 0.256 e. The van der Waals surface area contributed by atoms with Gasteiger partial charge in [-0.05, 0) is 42.5 Å². The van der Waals surface area contributed by atoms with Gasteiger partial charge in [0.15, 0.2) is 0 Å². The minimum atomic E-state index is -1.04. The summed E-state index contributed by atoms with van der Waals surface area (Å²) in [5.74, 6) is 0.392. The lowest BCUT2D eigenvalue weighted by atomic mass is 10.2. The lowest BCUT2D eigenvalue weighted by Gasteiger charge is -2.11. The van der Waals surface area contributed by atoms with E-state index >= 15 is 0 Å². The Morgan fingerprint density at radius 1 is 1.19 bits per heavy atom. The number of anilines is 1. The van der Waals surface area contributed by atoms with Crippen molar-refractivity contribution >= 4 is 34.1 Å². The third kappa shape index (κ3) is 3.15. The molecular formula is C18H13ClFN3O2S. The van der Waals surface area contributed by atoms with Gasteiger partial charge >= 0.3 is 0 Å². The fourth-order valence-corrected chi connectivity index (χ4v) is 4.29. The van der Waals surface area contributed by atoms with Crippen LogP contribution in [0.4, 0.5) is 10.2 Å². The van der Waals surface area contributed by atoms with Gasteiger partial charge < -0.3 is 5.32 Å². The van der Waals surface area contributed by atoms with Crippen molar-refractivity contribution in [3.8, 4) is 5.69 Å². The van der Waals surface area contributed by atoms with Crippen LogP contribution in [0.3, 0.4) is 0 Å². The zero-order chi connectivity index (χ0) is 18.3. The largest absolute Gasteiger partial charge is 0.306 e. The highest BCUT2D eigenvalue weighted by Crippen LogP contribution is 2.31. The Hall–Kier alpha value is -2.51. The quantitative estimate of drug-likeness (QED) is 0.743. The number of nitrogens with one attached hydrogen (secondary N) is 1. The van der Waals surface area contributed by atoms with Crippen molar-refractivity contribution in [3.05, 3.63) is 76.2 Å². The second-order valence-corrected chi connectivity index (χ2v) is 7.75. The second kappa shape index (κ2) is 6.66. The van der Waals surface area contributed by atoms with Gasteiger partial charge in [0.05, 0.1) is 22.9 Å². The van der Waals surface area contributed by atoms with Gasteiger partial charge in [0, 0.05) is 26.9 Å². The van der Waals surface area contributed by atoms with Gasteiger partial charge in [-0.25, -0.2) is 9.07 Å². The molecule has 8 heteroatoms. The molecule has 0 unspecified atom stereocenters. The van der Waals surface area contributed by atoms with Gasteiger partial charge in [0.25, 0.3) is 5.91 Å². The molecular weight excluding hydrogens is 377 g/mol. The zero-order valence-electron chi connectivity index (χ0n) is 13.4. The fraction of sp³-hybridized carbons (Fsp3) is 0.111. The van der Waals surface area contributed by atoms with Crippen LogP contribution in [0.1, 0.15) is 21.6 Å². The first-order valence-electron chi connectivity index (χ1n) is 7.80. The summed E-state index contributed by atoms with van der Waals surface area (Å²) >= 11 is 5.95. The Morgan fingerprint density at radius 2 is 1.96 bits per heavy atom. The van der Waals surface area contributed by atoms with Crippen molar-refractivity contribution < 1.29 is 13.4 Å². The van der Waals surface area contributed by atoms with Crippen molar-refractivity contribution in [2.24, 2.45) is 0 Å². The minimum absolute atomic E-state index is 0.321. The van der Waals surface area contributed by atoms with Gasteiger partial charge in [0.2, 0.25) is 0 Å². The molecule has 0 saturated carbocycles. The van der Waals surface area contributed by atoms with Crippen molar-refractivity contribution in [2.45, 2.75) is 11.5 Å².